The van der Waals surface area contributed by atoms with E-state index in [1.807, 2.05) is 32.0 Å². The molecular formula is C23H24FN5O2S. The van der Waals surface area contributed by atoms with Crippen LogP contribution in [0.25, 0.3) is 0 Å². The van der Waals surface area contributed by atoms with Gasteiger partial charge >= 0.3 is 0 Å². The Morgan fingerprint density at radius 1 is 1.19 bits per heavy atom. The fourth-order valence-electron chi connectivity index (χ4n) is 3.07. The summed E-state index contributed by atoms with van der Waals surface area (Å²) in [6, 6.07) is 12.9. The van der Waals surface area contributed by atoms with Crippen molar-refractivity contribution in [2.75, 3.05) is 11.1 Å². The molecular weight excluding hydrogens is 429 g/mol. The summed E-state index contributed by atoms with van der Waals surface area (Å²) in [5.41, 5.74) is 1.59. The van der Waals surface area contributed by atoms with Crippen molar-refractivity contribution in [3.8, 4) is 0 Å². The number of aromatic nitrogens is 3. The summed E-state index contributed by atoms with van der Waals surface area (Å²) in [5.74, 6) is -0.504. The maximum absolute atomic E-state index is 13.7. The van der Waals surface area contributed by atoms with E-state index in [1.165, 1.54) is 23.9 Å². The second-order valence-corrected chi connectivity index (χ2v) is 8.01. The van der Waals surface area contributed by atoms with Crippen LogP contribution in [-0.2, 0) is 11.3 Å². The Labute approximate surface area is 190 Å². The van der Waals surface area contributed by atoms with Gasteiger partial charge in [-0.25, -0.2) is 4.39 Å². The first kappa shape index (κ1) is 23.2. The molecule has 0 unspecified atom stereocenters. The first-order valence-corrected chi connectivity index (χ1v) is 11.0. The molecule has 166 valence electrons. The zero-order valence-corrected chi connectivity index (χ0v) is 18.7. The zero-order chi connectivity index (χ0) is 23.1. The molecule has 1 aromatic heterocycles. The molecule has 0 saturated heterocycles. The molecule has 0 bridgehead atoms. The van der Waals surface area contributed by atoms with Crippen LogP contribution in [0.4, 0.5) is 10.1 Å². The Bertz CT molecular complexity index is 1130. The molecule has 0 aliphatic carbocycles. The van der Waals surface area contributed by atoms with Crippen molar-refractivity contribution in [1.29, 1.82) is 0 Å². The van der Waals surface area contributed by atoms with Crippen LogP contribution in [0, 0.1) is 12.7 Å². The topological polar surface area (TPSA) is 88.9 Å². The normalized spacial score (nSPS) is 11.6. The summed E-state index contributed by atoms with van der Waals surface area (Å²) < 4.78 is 15.5. The first-order valence-electron chi connectivity index (χ1n) is 9.98. The SMILES string of the molecule is C=CCn1c(SCC(=O)Nc2ccccc2F)nnc1[C@H](C)NC(=O)c1ccccc1C. The quantitative estimate of drug-likeness (QED) is 0.376. The van der Waals surface area contributed by atoms with E-state index >= 15 is 0 Å². The Morgan fingerprint density at radius 2 is 1.91 bits per heavy atom. The molecule has 3 aromatic rings. The average Bonchev–Trinajstić information content (AvgIpc) is 3.17. The highest BCUT2D eigenvalue weighted by atomic mass is 32.2. The predicted octanol–water partition coefficient (Wildman–Crippen LogP) is 4.13. The largest absolute Gasteiger partial charge is 0.342 e. The number of hydrogen-bond donors (Lipinski definition) is 2. The van der Waals surface area contributed by atoms with Crippen LogP contribution in [0.5, 0.6) is 0 Å². The molecule has 0 aliphatic rings. The summed E-state index contributed by atoms with van der Waals surface area (Å²) in [7, 11) is 0. The number of amides is 2. The number of para-hydroxylation sites is 1. The molecule has 2 aromatic carbocycles. The van der Waals surface area contributed by atoms with Crippen molar-refractivity contribution in [1.82, 2.24) is 20.1 Å². The van der Waals surface area contributed by atoms with Crippen molar-refractivity contribution in [2.24, 2.45) is 0 Å². The lowest BCUT2D eigenvalue weighted by Crippen LogP contribution is -2.29. The molecule has 3 rings (SSSR count). The molecule has 0 aliphatic heterocycles. The molecule has 0 radical (unpaired) electrons. The number of nitrogens with zero attached hydrogens (tertiary/aromatic N) is 3. The van der Waals surface area contributed by atoms with Gasteiger partial charge in [-0.15, -0.1) is 16.8 Å². The van der Waals surface area contributed by atoms with Gasteiger partial charge in [-0.05, 0) is 37.6 Å². The number of aryl methyl sites for hydroxylation is 1. The van der Waals surface area contributed by atoms with Gasteiger partial charge in [0.2, 0.25) is 5.91 Å². The van der Waals surface area contributed by atoms with Crippen LogP contribution in [0.1, 0.15) is 34.7 Å². The van der Waals surface area contributed by atoms with E-state index in [1.54, 1.807) is 28.8 Å². The molecule has 0 spiro atoms. The minimum Gasteiger partial charge on any atom is -0.342 e. The summed E-state index contributed by atoms with van der Waals surface area (Å²) in [6.45, 7) is 7.87. The summed E-state index contributed by atoms with van der Waals surface area (Å²) >= 11 is 1.17. The highest BCUT2D eigenvalue weighted by Crippen LogP contribution is 2.22. The first-order chi connectivity index (χ1) is 15.4. The third-order valence-corrected chi connectivity index (χ3v) is 5.63. The van der Waals surface area contributed by atoms with Crippen molar-refractivity contribution in [3.05, 3.63) is 84.0 Å². The van der Waals surface area contributed by atoms with Crippen molar-refractivity contribution in [3.63, 3.8) is 0 Å². The lowest BCUT2D eigenvalue weighted by molar-refractivity contribution is -0.113. The second kappa shape index (κ2) is 10.7. The molecule has 2 amide bonds. The number of rotatable bonds is 9. The summed E-state index contributed by atoms with van der Waals surface area (Å²) in [6.07, 6.45) is 1.69. The Hall–Kier alpha value is -3.46. The van der Waals surface area contributed by atoms with Gasteiger partial charge in [-0.2, -0.15) is 0 Å². The van der Waals surface area contributed by atoms with Gasteiger partial charge in [0, 0.05) is 12.1 Å². The van der Waals surface area contributed by atoms with E-state index in [2.05, 4.69) is 27.4 Å². The van der Waals surface area contributed by atoms with Crippen molar-refractivity contribution < 1.29 is 14.0 Å². The number of carbonyl (C=O) groups excluding carboxylic acids is 2. The molecule has 9 heteroatoms. The highest BCUT2D eigenvalue weighted by Gasteiger charge is 2.21. The van der Waals surface area contributed by atoms with Gasteiger partial charge in [0.1, 0.15) is 5.82 Å². The fraction of sp³-hybridized carbons (Fsp3) is 0.217. The van der Waals surface area contributed by atoms with E-state index in [-0.39, 0.29) is 23.3 Å². The van der Waals surface area contributed by atoms with Gasteiger partial charge in [0.25, 0.3) is 5.91 Å². The molecule has 1 atom stereocenters. The number of allylic oxidation sites excluding steroid dienone is 1. The second-order valence-electron chi connectivity index (χ2n) is 7.07. The fourth-order valence-corrected chi connectivity index (χ4v) is 3.83. The molecule has 2 N–H and O–H groups in total. The third-order valence-electron chi connectivity index (χ3n) is 4.66. The highest BCUT2D eigenvalue weighted by molar-refractivity contribution is 7.99. The third kappa shape index (κ3) is 5.61. The van der Waals surface area contributed by atoms with Crippen LogP contribution in [0.15, 0.2) is 66.3 Å². The van der Waals surface area contributed by atoms with Crippen molar-refractivity contribution in [2.45, 2.75) is 31.6 Å². The number of halogens is 1. The van der Waals surface area contributed by atoms with Gasteiger partial charge < -0.3 is 15.2 Å². The van der Waals surface area contributed by atoms with Crippen LogP contribution in [-0.4, -0.2) is 32.3 Å². The van der Waals surface area contributed by atoms with E-state index in [0.717, 1.165) is 5.56 Å². The Balaban J connectivity index is 1.68. The van der Waals surface area contributed by atoms with E-state index in [4.69, 9.17) is 0 Å². The van der Waals surface area contributed by atoms with E-state index in [0.29, 0.717) is 23.1 Å². The van der Waals surface area contributed by atoms with Gasteiger partial charge in [0.05, 0.1) is 17.5 Å². The van der Waals surface area contributed by atoms with Gasteiger partial charge in [-0.3, -0.25) is 9.59 Å². The van der Waals surface area contributed by atoms with Gasteiger partial charge in [-0.1, -0.05) is 48.2 Å². The monoisotopic (exact) mass is 453 g/mol. The lowest BCUT2D eigenvalue weighted by Gasteiger charge is -2.16. The maximum atomic E-state index is 13.7. The molecule has 7 nitrogen and oxygen atoms in total. The Morgan fingerprint density at radius 3 is 2.62 bits per heavy atom. The van der Waals surface area contributed by atoms with Crippen LogP contribution in [0.3, 0.4) is 0 Å². The number of nitrogens with one attached hydrogen (secondary N) is 2. The van der Waals surface area contributed by atoms with E-state index < -0.39 is 11.9 Å². The summed E-state index contributed by atoms with van der Waals surface area (Å²) in [5, 5.41) is 14.4. The van der Waals surface area contributed by atoms with E-state index in [9.17, 15) is 14.0 Å². The zero-order valence-electron chi connectivity index (χ0n) is 17.8. The number of anilines is 1. The van der Waals surface area contributed by atoms with Crippen LogP contribution in [0.2, 0.25) is 0 Å². The lowest BCUT2D eigenvalue weighted by atomic mass is 10.1. The number of thioether (sulfide) groups is 1. The standard InChI is InChI=1S/C23H24FN5O2S/c1-4-13-29-21(16(3)25-22(31)17-10-6-5-9-15(17)2)27-28-23(29)32-14-20(30)26-19-12-8-7-11-18(19)24/h4-12,16H,1,13-14H2,2-3H3,(H,25,31)(H,26,30)/t16-/m0/s1. The Kier molecular flexibility index (Phi) is 7.77. The van der Waals surface area contributed by atoms with Crippen molar-refractivity contribution >= 4 is 29.3 Å². The van der Waals surface area contributed by atoms with Crippen LogP contribution >= 0.6 is 11.8 Å². The molecule has 1 heterocycles. The minimum absolute atomic E-state index is 0.0214. The maximum Gasteiger partial charge on any atom is 0.252 e. The number of hydrogen-bond acceptors (Lipinski definition) is 5. The average molecular weight is 454 g/mol. The molecule has 32 heavy (non-hydrogen) atoms. The predicted molar refractivity (Wildman–Crippen MR) is 123 cm³/mol. The van der Waals surface area contributed by atoms with Gasteiger partial charge in [0.15, 0.2) is 11.0 Å². The summed E-state index contributed by atoms with van der Waals surface area (Å²) in [4.78, 5) is 24.9. The minimum atomic E-state index is -0.499. The number of carbonyl (C=O) groups is 2. The van der Waals surface area contributed by atoms with Crippen LogP contribution < -0.4 is 10.6 Å². The smallest absolute Gasteiger partial charge is 0.252 e. The number of benzene rings is 2. The molecule has 0 saturated carbocycles. The molecule has 0 fully saturated rings.